The van der Waals surface area contributed by atoms with Crippen LogP contribution < -0.4 is 5.32 Å². The van der Waals surface area contributed by atoms with Crippen LogP contribution in [-0.2, 0) is 4.79 Å². The molecule has 1 aromatic carbocycles. The Hall–Kier alpha value is -1.35. The molecule has 3 unspecified atom stereocenters. The normalized spacial score (nSPS) is 27.2. The van der Waals surface area contributed by atoms with Gasteiger partial charge in [-0.25, -0.2) is 0 Å². The topological polar surface area (TPSA) is 32.3 Å². The summed E-state index contributed by atoms with van der Waals surface area (Å²) in [7, 11) is 2.19. The van der Waals surface area contributed by atoms with E-state index in [1.165, 1.54) is 6.42 Å². The average molecular weight is 274 g/mol. The van der Waals surface area contributed by atoms with E-state index in [1.807, 2.05) is 30.3 Å². The Kier molecular flexibility index (Phi) is 5.18. The summed E-state index contributed by atoms with van der Waals surface area (Å²) in [4.78, 5) is 14.4. The van der Waals surface area contributed by atoms with Crippen molar-refractivity contribution in [2.75, 3.05) is 18.9 Å². The largest absolute Gasteiger partial charge is 0.326 e. The molecule has 20 heavy (non-hydrogen) atoms. The van der Waals surface area contributed by atoms with E-state index < -0.39 is 0 Å². The number of nitrogens with one attached hydrogen (secondary N) is 1. The monoisotopic (exact) mass is 274 g/mol. The van der Waals surface area contributed by atoms with E-state index in [1.54, 1.807) is 0 Å². The van der Waals surface area contributed by atoms with Crippen LogP contribution in [0, 0.1) is 11.8 Å². The summed E-state index contributed by atoms with van der Waals surface area (Å²) in [5.41, 5.74) is 0.891. The van der Waals surface area contributed by atoms with E-state index in [2.05, 4.69) is 31.1 Å². The van der Waals surface area contributed by atoms with Crippen molar-refractivity contribution in [3.05, 3.63) is 30.3 Å². The van der Waals surface area contributed by atoms with Crippen molar-refractivity contribution in [1.29, 1.82) is 0 Å². The highest BCUT2D eigenvalue weighted by Gasteiger charge is 2.28. The number of nitrogens with zero attached hydrogens (tertiary/aromatic N) is 1. The molecule has 3 atom stereocenters. The van der Waals surface area contributed by atoms with E-state index in [0.717, 1.165) is 18.7 Å². The standard InChI is InChI=1S/C17H26N2O/c1-13-12-19(3)14(2)11-15(13)9-10-17(20)18-16-7-5-4-6-8-16/h4-8,13-15H,9-12H2,1-3H3,(H,18,20). The van der Waals surface area contributed by atoms with Crippen molar-refractivity contribution in [3.63, 3.8) is 0 Å². The highest BCUT2D eigenvalue weighted by Crippen LogP contribution is 2.30. The summed E-state index contributed by atoms with van der Waals surface area (Å²) in [6.45, 7) is 5.73. The van der Waals surface area contributed by atoms with Crippen LogP contribution in [0.2, 0.25) is 0 Å². The number of para-hydroxylation sites is 1. The fourth-order valence-corrected chi connectivity index (χ4v) is 3.10. The summed E-state index contributed by atoms with van der Waals surface area (Å²) in [6.07, 6.45) is 2.83. The Bertz CT molecular complexity index is 432. The number of likely N-dealkylation sites (tertiary alicyclic amines) is 1. The SMILES string of the molecule is CC1CN(C)C(C)CC1CCC(=O)Nc1ccccc1. The molecule has 0 bridgehead atoms. The second kappa shape index (κ2) is 6.89. The first-order chi connectivity index (χ1) is 9.56. The summed E-state index contributed by atoms with van der Waals surface area (Å²) in [6, 6.07) is 10.3. The van der Waals surface area contributed by atoms with Gasteiger partial charge < -0.3 is 10.2 Å². The van der Waals surface area contributed by atoms with Gasteiger partial charge in [0.1, 0.15) is 0 Å². The minimum absolute atomic E-state index is 0.134. The second-order valence-electron chi connectivity index (χ2n) is 6.21. The zero-order valence-corrected chi connectivity index (χ0v) is 12.8. The Morgan fingerprint density at radius 3 is 2.70 bits per heavy atom. The number of rotatable bonds is 4. The molecule has 3 nitrogen and oxygen atoms in total. The predicted octanol–water partition coefficient (Wildman–Crippen LogP) is 3.38. The molecule has 0 spiro atoms. The minimum Gasteiger partial charge on any atom is -0.326 e. The highest BCUT2D eigenvalue weighted by atomic mass is 16.1. The highest BCUT2D eigenvalue weighted by molar-refractivity contribution is 5.90. The molecule has 1 saturated heterocycles. The Labute approximate surface area is 122 Å². The quantitative estimate of drug-likeness (QED) is 0.913. The van der Waals surface area contributed by atoms with Crippen molar-refractivity contribution < 1.29 is 4.79 Å². The molecule has 1 amide bonds. The minimum atomic E-state index is 0.134. The Balaban J connectivity index is 1.78. The van der Waals surface area contributed by atoms with Gasteiger partial charge in [0.2, 0.25) is 5.91 Å². The summed E-state index contributed by atoms with van der Waals surface area (Å²) in [5, 5.41) is 2.97. The first-order valence-electron chi connectivity index (χ1n) is 7.61. The van der Waals surface area contributed by atoms with Crippen molar-refractivity contribution in [1.82, 2.24) is 4.90 Å². The molecule has 0 saturated carbocycles. The van der Waals surface area contributed by atoms with Crippen LogP contribution in [0.3, 0.4) is 0 Å². The molecular formula is C17H26N2O. The third-order valence-electron chi connectivity index (χ3n) is 4.58. The van der Waals surface area contributed by atoms with Crippen LogP contribution in [0.1, 0.15) is 33.1 Å². The van der Waals surface area contributed by atoms with Crippen molar-refractivity contribution in [2.24, 2.45) is 11.8 Å². The molecule has 1 aliphatic rings. The predicted molar refractivity (Wildman–Crippen MR) is 83.7 cm³/mol. The molecule has 0 radical (unpaired) electrons. The van der Waals surface area contributed by atoms with Gasteiger partial charge in [0.05, 0.1) is 0 Å². The number of benzene rings is 1. The maximum Gasteiger partial charge on any atom is 0.224 e. The number of carbonyl (C=O) groups excluding carboxylic acids is 1. The molecule has 0 aromatic heterocycles. The number of amides is 1. The van der Waals surface area contributed by atoms with Crippen molar-refractivity contribution in [2.45, 2.75) is 39.2 Å². The lowest BCUT2D eigenvalue weighted by molar-refractivity contribution is -0.116. The van der Waals surface area contributed by atoms with Crippen LogP contribution in [0.25, 0.3) is 0 Å². The molecule has 3 heteroatoms. The molecule has 2 rings (SSSR count). The summed E-state index contributed by atoms with van der Waals surface area (Å²) < 4.78 is 0. The lowest BCUT2D eigenvalue weighted by Gasteiger charge is -2.39. The molecule has 1 aromatic rings. The lowest BCUT2D eigenvalue weighted by Crippen LogP contribution is -2.42. The number of carbonyl (C=O) groups is 1. The van der Waals surface area contributed by atoms with Crippen LogP contribution in [-0.4, -0.2) is 30.4 Å². The van der Waals surface area contributed by atoms with E-state index in [4.69, 9.17) is 0 Å². The maximum absolute atomic E-state index is 12.0. The van der Waals surface area contributed by atoms with Gasteiger partial charge >= 0.3 is 0 Å². The van der Waals surface area contributed by atoms with Gasteiger partial charge in [-0.15, -0.1) is 0 Å². The van der Waals surface area contributed by atoms with E-state index in [9.17, 15) is 4.79 Å². The van der Waals surface area contributed by atoms with E-state index >= 15 is 0 Å². The zero-order valence-electron chi connectivity index (χ0n) is 12.8. The van der Waals surface area contributed by atoms with Crippen LogP contribution in [0.5, 0.6) is 0 Å². The second-order valence-corrected chi connectivity index (χ2v) is 6.21. The first kappa shape index (κ1) is 15.0. The molecule has 1 N–H and O–H groups in total. The van der Waals surface area contributed by atoms with Crippen LogP contribution >= 0.6 is 0 Å². The molecule has 110 valence electrons. The Morgan fingerprint density at radius 1 is 1.30 bits per heavy atom. The first-order valence-corrected chi connectivity index (χ1v) is 7.61. The summed E-state index contributed by atoms with van der Waals surface area (Å²) in [5.74, 6) is 1.48. The number of hydrogen-bond donors (Lipinski definition) is 1. The van der Waals surface area contributed by atoms with Crippen molar-refractivity contribution in [3.8, 4) is 0 Å². The fraction of sp³-hybridized carbons (Fsp3) is 0.588. The van der Waals surface area contributed by atoms with Crippen molar-refractivity contribution >= 4 is 11.6 Å². The molecule has 1 aliphatic heterocycles. The van der Waals surface area contributed by atoms with Crippen LogP contribution in [0.4, 0.5) is 5.69 Å². The molecule has 1 fully saturated rings. The van der Waals surface area contributed by atoms with Gasteiger partial charge in [-0.3, -0.25) is 4.79 Å². The molecule has 0 aliphatic carbocycles. The maximum atomic E-state index is 12.0. The van der Waals surface area contributed by atoms with Gasteiger partial charge in [0.15, 0.2) is 0 Å². The zero-order chi connectivity index (χ0) is 14.5. The van der Waals surface area contributed by atoms with Gasteiger partial charge in [-0.05, 0) is 50.8 Å². The van der Waals surface area contributed by atoms with E-state index in [0.29, 0.717) is 24.3 Å². The lowest BCUT2D eigenvalue weighted by atomic mass is 9.81. The molecule has 1 heterocycles. The number of anilines is 1. The van der Waals surface area contributed by atoms with E-state index in [-0.39, 0.29) is 5.91 Å². The Morgan fingerprint density at radius 2 is 2.00 bits per heavy atom. The van der Waals surface area contributed by atoms with Gasteiger partial charge in [-0.1, -0.05) is 25.1 Å². The number of piperidine rings is 1. The van der Waals surface area contributed by atoms with Gasteiger partial charge in [0.25, 0.3) is 0 Å². The van der Waals surface area contributed by atoms with Gasteiger partial charge in [0, 0.05) is 24.7 Å². The summed E-state index contributed by atoms with van der Waals surface area (Å²) >= 11 is 0. The number of hydrogen-bond acceptors (Lipinski definition) is 2. The third-order valence-corrected chi connectivity index (χ3v) is 4.58. The fourth-order valence-electron chi connectivity index (χ4n) is 3.10. The van der Waals surface area contributed by atoms with Crippen LogP contribution in [0.15, 0.2) is 30.3 Å². The smallest absolute Gasteiger partial charge is 0.224 e. The van der Waals surface area contributed by atoms with Gasteiger partial charge in [-0.2, -0.15) is 0 Å². The average Bonchev–Trinajstić information content (AvgIpc) is 2.42. The molecular weight excluding hydrogens is 248 g/mol. The third kappa shape index (κ3) is 4.07.